The Labute approximate surface area is 171 Å². The number of methoxy groups -OCH3 is 2. The zero-order valence-corrected chi connectivity index (χ0v) is 17.0. The minimum Gasteiger partial charge on any atom is -0.493 e. The van der Waals surface area contributed by atoms with Crippen LogP contribution in [0.15, 0.2) is 36.4 Å². The number of hydrogen-bond donors (Lipinski definition) is 0. The summed E-state index contributed by atoms with van der Waals surface area (Å²) in [5.74, 6) is 1.33. The molecule has 0 bridgehead atoms. The van der Waals surface area contributed by atoms with Gasteiger partial charge in [-0.2, -0.15) is 0 Å². The average molecular weight is 398 g/mol. The van der Waals surface area contributed by atoms with Gasteiger partial charge in [0.1, 0.15) is 5.82 Å². The first-order chi connectivity index (χ1) is 14.1. The Balaban J connectivity index is 1.44. The summed E-state index contributed by atoms with van der Waals surface area (Å²) >= 11 is 0. The van der Waals surface area contributed by atoms with Gasteiger partial charge in [0.25, 0.3) is 0 Å². The number of benzene rings is 2. The molecule has 0 radical (unpaired) electrons. The van der Waals surface area contributed by atoms with Gasteiger partial charge in [0.15, 0.2) is 11.5 Å². The first-order valence-electron chi connectivity index (χ1n) is 10.1. The van der Waals surface area contributed by atoms with Gasteiger partial charge in [0.05, 0.1) is 20.8 Å². The lowest BCUT2D eigenvalue weighted by atomic mass is 9.98. The van der Waals surface area contributed by atoms with Gasteiger partial charge in [0.2, 0.25) is 5.91 Å². The molecule has 2 aromatic carbocycles. The second-order valence-corrected chi connectivity index (χ2v) is 7.72. The van der Waals surface area contributed by atoms with Crippen molar-refractivity contribution in [3.8, 4) is 11.5 Å². The molecule has 1 atom stereocenters. The lowest BCUT2D eigenvalue weighted by Gasteiger charge is -2.32. The van der Waals surface area contributed by atoms with E-state index in [4.69, 9.17) is 9.47 Å². The van der Waals surface area contributed by atoms with Crippen LogP contribution in [-0.2, 0) is 17.8 Å². The Kier molecular flexibility index (Phi) is 5.72. The smallest absolute Gasteiger partial charge is 0.237 e. The quantitative estimate of drug-likeness (QED) is 0.772. The maximum absolute atomic E-state index is 13.3. The minimum absolute atomic E-state index is 0.138. The zero-order valence-electron chi connectivity index (χ0n) is 17.0. The van der Waals surface area contributed by atoms with Crippen molar-refractivity contribution in [2.75, 3.05) is 33.9 Å². The Morgan fingerprint density at radius 2 is 1.76 bits per heavy atom. The second kappa shape index (κ2) is 8.41. The Hall–Kier alpha value is -2.60. The summed E-state index contributed by atoms with van der Waals surface area (Å²) in [5.41, 5.74) is 3.40. The Bertz CT molecular complexity index is 884. The molecule has 1 fully saturated rings. The molecule has 29 heavy (non-hydrogen) atoms. The van der Waals surface area contributed by atoms with E-state index in [0.717, 1.165) is 42.7 Å². The molecule has 2 aromatic rings. The number of amides is 1. The first-order valence-corrected chi connectivity index (χ1v) is 10.1. The number of nitrogens with zero attached hydrogens (tertiary/aromatic N) is 2. The fourth-order valence-corrected chi connectivity index (χ4v) is 4.45. The van der Waals surface area contributed by atoms with Crippen LogP contribution in [0.1, 0.15) is 35.6 Å². The van der Waals surface area contributed by atoms with Crippen molar-refractivity contribution in [3.05, 3.63) is 58.9 Å². The Morgan fingerprint density at radius 1 is 1.07 bits per heavy atom. The van der Waals surface area contributed by atoms with Crippen molar-refractivity contribution in [2.45, 2.75) is 31.8 Å². The topological polar surface area (TPSA) is 42.0 Å². The highest BCUT2D eigenvalue weighted by atomic mass is 19.1. The van der Waals surface area contributed by atoms with Crippen LogP contribution in [0.2, 0.25) is 0 Å². The minimum atomic E-state index is -0.228. The number of likely N-dealkylation sites (tertiary alicyclic amines) is 1. The zero-order chi connectivity index (χ0) is 20.4. The number of hydrogen-bond acceptors (Lipinski definition) is 4. The van der Waals surface area contributed by atoms with Crippen LogP contribution in [0.3, 0.4) is 0 Å². The third-order valence-corrected chi connectivity index (χ3v) is 6.03. The predicted molar refractivity (Wildman–Crippen MR) is 109 cm³/mol. The van der Waals surface area contributed by atoms with E-state index in [1.807, 2.05) is 29.2 Å². The van der Waals surface area contributed by atoms with Crippen LogP contribution in [0.25, 0.3) is 0 Å². The summed E-state index contributed by atoms with van der Waals surface area (Å²) in [4.78, 5) is 17.2. The van der Waals surface area contributed by atoms with Gasteiger partial charge in [-0.05, 0) is 66.8 Å². The summed E-state index contributed by atoms with van der Waals surface area (Å²) in [6, 6.07) is 10.8. The van der Waals surface area contributed by atoms with Crippen molar-refractivity contribution in [2.24, 2.45) is 0 Å². The van der Waals surface area contributed by atoms with E-state index in [2.05, 4.69) is 4.90 Å². The van der Waals surface area contributed by atoms with Crippen molar-refractivity contribution in [3.63, 3.8) is 0 Å². The second-order valence-electron chi connectivity index (χ2n) is 7.72. The van der Waals surface area contributed by atoms with Crippen molar-refractivity contribution < 1.29 is 18.7 Å². The molecule has 4 rings (SSSR count). The third-order valence-electron chi connectivity index (χ3n) is 6.03. The van der Waals surface area contributed by atoms with Crippen LogP contribution in [0, 0.1) is 5.82 Å². The van der Waals surface area contributed by atoms with E-state index in [1.165, 1.54) is 17.7 Å². The molecule has 1 saturated heterocycles. The molecule has 0 spiro atoms. The number of rotatable bonds is 5. The van der Waals surface area contributed by atoms with Gasteiger partial charge in [-0.1, -0.05) is 12.1 Å². The molecular weight excluding hydrogens is 371 g/mol. The largest absolute Gasteiger partial charge is 0.493 e. The molecular formula is C23H27FN2O3. The molecule has 0 aromatic heterocycles. The number of ether oxygens (including phenoxy) is 2. The average Bonchev–Trinajstić information content (AvgIpc) is 3.20. The molecule has 2 aliphatic heterocycles. The fraction of sp³-hybridized carbons (Fsp3) is 0.435. The van der Waals surface area contributed by atoms with Gasteiger partial charge < -0.3 is 14.4 Å². The molecule has 5 nitrogen and oxygen atoms in total. The molecule has 0 aliphatic carbocycles. The molecule has 0 N–H and O–H groups in total. The van der Waals surface area contributed by atoms with E-state index in [-0.39, 0.29) is 17.8 Å². The predicted octanol–water partition coefficient (Wildman–Crippen LogP) is 3.56. The van der Waals surface area contributed by atoms with Gasteiger partial charge in [-0.25, -0.2) is 4.39 Å². The number of halogens is 1. The third kappa shape index (κ3) is 4.08. The summed E-state index contributed by atoms with van der Waals surface area (Å²) in [5, 5.41) is 0. The molecule has 2 aliphatic rings. The van der Waals surface area contributed by atoms with Crippen molar-refractivity contribution in [1.29, 1.82) is 0 Å². The molecule has 1 amide bonds. The monoisotopic (exact) mass is 398 g/mol. The highest BCUT2D eigenvalue weighted by molar-refractivity contribution is 5.78. The van der Waals surface area contributed by atoms with E-state index < -0.39 is 0 Å². The summed E-state index contributed by atoms with van der Waals surface area (Å²) in [6.45, 7) is 2.58. The van der Waals surface area contributed by atoms with E-state index >= 15 is 0 Å². The lowest BCUT2D eigenvalue weighted by molar-refractivity contribution is -0.133. The van der Waals surface area contributed by atoms with Gasteiger partial charge in [0, 0.05) is 19.1 Å². The first kappa shape index (κ1) is 19.7. The van der Waals surface area contributed by atoms with Gasteiger partial charge in [-0.15, -0.1) is 0 Å². The van der Waals surface area contributed by atoms with Crippen LogP contribution >= 0.6 is 0 Å². The highest BCUT2D eigenvalue weighted by Gasteiger charge is 2.30. The van der Waals surface area contributed by atoms with Crippen LogP contribution in [-0.4, -0.2) is 49.6 Å². The van der Waals surface area contributed by atoms with Crippen LogP contribution < -0.4 is 9.47 Å². The van der Waals surface area contributed by atoms with Gasteiger partial charge >= 0.3 is 0 Å². The van der Waals surface area contributed by atoms with E-state index in [0.29, 0.717) is 25.4 Å². The fourth-order valence-electron chi connectivity index (χ4n) is 4.45. The summed E-state index contributed by atoms with van der Waals surface area (Å²) in [7, 11) is 3.26. The van der Waals surface area contributed by atoms with Gasteiger partial charge in [-0.3, -0.25) is 9.69 Å². The standard InChI is InChI=1S/C23H27FN2O3/c1-28-21-12-17-9-11-26(14-18(17)13-22(21)29-2)23(27)15-25-10-3-4-20(25)16-5-7-19(24)8-6-16/h5-8,12-13,20H,3-4,9-11,14-15H2,1-2H3. The molecule has 1 unspecified atom stereocenters. The number of carbonyl (C=O) groups is 1. The Morgan fingerprint density at radius 3 is 2.45 bits per heavy atom. The lowest BCUT2D eigenvalue weighted by Crippen LogP contribution is -2.42. The normalized spacial score (nSPS) is 19.1. The van der Waals surface area contributed by atoms with E-state index in [9.17, 15) is 9.18 Å². The molecule has 2 heterocycles. The summed E-state index contributed by atoms with van der Waals surface area (Å²) < 4.78 is 24.1. The van der Waals surface area contributed by atoms with E-state index in [1.54, 1.807) is 14.2 Å². The van der Waals surface area contributed by atoms with Crippen molar-refractivity contribution in [1.82, 2.24) is 9.80 Å². The summed E-state index contributed by atoms with van der Waals surface area (Å²) in [6.07, 6.45) is 2.86. The number of carbonyl (C=O) groups excluding carboxylic acids is 1. The maximum atomic E-state index is 13.3. The van der Waals surface area contributed by atoms with Crippen LogP contribution in [0.5, 0.6) is 11.5 Å². The van der Waals surface area contributed by atoms with Crippen molar-refractivity contribution >= 4 is 5.91 Å². The number of fused-ring (bicyclic) bond motifs is 1. The maximum Gasteiger partial charge on any atom is 0.237 e. The SMILES string of the molecule is COc1cc2c(cc1OC)CN(C(=O)CN1CCCC1c1ccc(F)cc1)CC2. The van der Waals surface area contributed by atoms with Crippen LogP contribution in [0.4, 0.5) is 4.39 Å². The molecule has 6 heteroatoms. The highest BCUT2D eigenvalue weighted by Crippen LogP contribution is 2.34. The molecule has 154 valence electrons. The molecule has 0 saturated carbocycles.